The fraction of sp³-hybridized carbons (Fsp3) is 0.417. The first-order valence-corrected chi connectivity index (χ1v) is 11.3. The minimum atomic E-state index is -0.885. The van der Waals surface area contributed by atoms with Crippen molar-refractivity contribution in [3.8, 4) is 0 Å². The van der Waals surface area contributed by atoms with Crippen LogP contribution in [0.25, 0.3) is 0 Å². The summed E-state index contributed by atoms with van der Waals surface area (Å²) in [4.78, 5) is 26.1. The summed E-state index contributed by atoms with van der Waals surface area (Å²) in [5.74, 6) is -0.804. The Hall–Kier alpha value is -2.61. The molecular formula is C24H32ClN4O3. The summed E-state index contributed by atoms with van der Waals surface area (Å²) in [6, 6.07) is 14.9. The van der Waals surface area contributed by atoms with Crippen LogP contribution < -0.4 is 16.8 Å². The summed E-state index contributed by atoms with van der Waals surface area (Å²) in [5, 5.41) is 3.29. The van der Waals surface area contributed by atoms with Gasteiger partial charge in [-0.3, -0.25) is 20.7 Å². The van der Waals surface area contributed by atoms with Gasteiger partial charge in [-0.05, 0) is 55.1 Å². The van der Waals surface area contributed by atoms with Gasteiger partial charge in [-0.2, -0.15) is 0 Å². The molecule has 2 aromatic carbocycles. The summed E-state index contributed by atoms with van der Waals surface area (Å²) < 4.78 is 5.62. The van der Waals surface area contributed by atoms with E-state index in [1.807, 2.05) is 35.2 Å². The lowest BCUT2D eigenvalue weighted by molar-refractivity contribution is -0.124. The van der Waals surface area contributed by atoms with Gasteiger partial charge in [0.25, 0.3) is 0 Å². The SMILES string of the molecule is CCc1ccc(NC(=O)OC(CC([NH])=O)N(CCCCCN)Cc2ccccc2Cl)cc1. The lowest BCUT2D eigenvalue weighted by Crippen LogP contribution is -2.41. The predicted molar refractivity (Wildman–Crippen MR) is 127 cm³/mol. The molecule has 2 rings (SSSR count). The topological polar surface area (TPSA) is 108 Å². The van der Waals surface area contributed by atoms with Crippen LogP contribution in [0.15, 0.2) is 48.5 Å². The standard InChI is InChI=1S/C24H32ClN4O3/c1-2-18-10-12-20(13-11-18)28-24(31)32-23(16-22(27)30)29(15-7-3-6-14-26)17-19-8-4-5-9-21(19)25/h4-5,8-13,23,27H,2-3,6-7,14-17,26H2,1H3,(H,28,31). The Bertz CT molecular complexity index is 861. The summed E-state index contributed by atoms with van der Waals surface area (Å²) >= 11 is 6.33. The molecule has 0 saturated carbocycles. The van der Waals surface area contributed by atoms with Crippen LogP contribution in [0.4, 0.5) is 10.5 Å². The van der Waals surface area contributed by atoms with Crippen LogP contribution in [0.5, 0.6) is 0 Å². The first-order valence-electron chi connectivity index (χ1n) is 10.9. The number of carbonyl (C=O) groups is 2. The summed E-state index contributed by atoms with van der Waals surface area (Å²) in [5.41, 5.74) is 15.7. The van der Waals surface area contributed by atoms with Crippen LogP contribution in [0.2, 0.25) is 5.02 Å². The van der Waals surface area contributed by atoms with E-state index in [1.165, 1.54) is 0 Å². The van der Waals surface area contributed by atoms with Crippen molar-refractivity contribution >= 4 is 29.3 Å². The number of ether oxygens (including phenoxy) is 1. The molecule has 173 valence electrons. The molecule has 2 aromatic rings. The van der Waals surface area contributed by atoms with Gasteiger partial charge in [-0.25, -0.2) is 4.79 Å². The Kier molecular flexibility index (Phi) is 11.0. The molecule has 0 bridgehead atoms. The number of halogens is 1. The van der Waals surface area contributed by atoms with Gasteiger partial charge < -0.3 is 10.5 Å². The first-order chi connectivity index (χ1) is 15.4. The van der Waals surface area contributed by atoms with Crippen LogP contribution in [-0.2, 0) is 22.5 Å². The highest BCUT2D eigenvalue weighted by Gasteiger charge is 2.25. The average Bonchev–Trinajstić information content (AvgIpc) is 2.77. The van der Waals surface area contributed by atoms with E-state index >= 15 is 0 Å². The van der Waals surface area contributed by atoms with Crippen molar-refractivity contribution in [1.29, 1.82) is 0 Å². The fourth-order valence-electron chi connectivity index (χ4n) is 3.30. The molecule has 1 radical (unpaired) electrons. The molecular weight excluding hydrogens is 428 g/mol. The van der Waals surface area contributed by atoms with E-state index in [-0.39, 0.29) is 6.42 Å². The van der Waals surface area contributed by atoms with E-state index in [1.54, 1.807) is 18.2 Å². The Balaban J connectivity index is 2.14. The maximum absolute atomic E-state index is 12.6. The molecule has 0 heterocycles. The van der Waals surface area contributed by atoms with Crippen molar-refractivity contribution in [2.45, 2.75) is 51.8 Å². The normalized spacial score (nSPS) is 11.9. The highest BCUT2D eigenvalue weighted by Crippen LogP contribution is 2.21. The fourth-order valence-corrected chi connectivity index (χ4v) is 3.50. The van der Waals surface area contributed by atoms with E-state index in [0.29, 0.717) is 30.3 Å². The smallest absolute Gasteiger partial charge is 0.413 e. The number of hydrogen-bond acceptors (Lipinski definition) is 5. The Labute approximate surface area is 195 Å². The minimum absolute atomic E-state index is 0.233. The molecule has 0 spiro atoms. The maximum Gasteiger partial charge on any atom is 0.413 e. The number of benzene rings is 2. The van der Waals surface area contributed by atoms with E-state index in [9.17, 15) is 9.59 Å². The summed E-state index contributed by atoms with van der Waals surface area (Å²) in [6.07, 6.45) is 1.72. The summed E-state index contributed by atoms with van der Waals surface area (Å²) in [7, 11) is 0. The number of amides is 2. The molecule has 2 amide bonds. The molecule has 0 aliphatic carbocycles. The van der Waals surface area contributed by atoms with E-state index in [4.69, 9.17) is 27.8 Å². The quantitative estimate of drug-likeness (QED) is 0.336. The minimum Gasteiger partial charge on any atom is -0.429 e. The van der Waals surface area contributed by atoms with Gasteiger partial charge >= 0.3 is 6.09 Å². The van der Waals surface area contributed by atoms with Gasteiger partial charge in [0.05, 0.1) is 6.42 Å². The number of carbonyl (C=O) groups excluding carboxylic acids is 2. The van der Waals surface area contributed by atoms with Crippen molar-refractivity contribution in [3.63, 3.8) is 0 Å². The molecule has 4 N–H and O–H groups in total. The molecule has 1 atom stereocenters. The van der Waals surface area contributed by atoms with Crippen LogP contribution in [0, 0.1) is 0 Å². The molecule has 0 aliphatic rings. The second-order valence-corrected chi connectivity index (χ2v) is 7.98. The van der Waals surface area contributed by atoms with Crippen molar-refractivity contribution in [1.82, 2.24) is 10.6 Å². The lowest BCUT2D eigenvalue weighted by atomic mass is 10.1. The molecule has 0 saturated heterocycles. The van der Waals surface area contributed by atoms with E-state index in [2.05, 4.69) is 12.2 Å². The van der Waals surface area contributed by atoms with Gasteiger partial charge in [0, 0.05) is 23.8 Å². The first kappa shape index (κ1) is 25.6. The second-order valence-electron chi connectivity index (χ2n) is 7.57. The number of anilines is 1. The van der Waals surface area contributed by atoms with Gasteiger partial charge in [0.15, 0.2) is 6.23 Å². The van der Waals surface area contributed by atoms with Gasteiger partial charge in [-0.15, -0.1) is 0 Å². The summed E-state index contributed by atoms with van der Waals surface area (Å²) in [6.45, 7) is 3.62. The molecule has 7 nitrogen and oxygen atoms in total. The van der Waals surface area contributed by atoms with Crippen molar-refractivity contribution in [2.75, 3.05) is 18.4 Å². The number of unbranched alkanes of at least 4 members (excludes halogenated alkanes) is 2. The van der Waals surface area contributed by atoms with Gasteiger partial charge in [-0.1, -0.05) is 55.3 Å². The molecule has 8 heteroatoms. The number of nitrogens with two attached hydrogens (primary N) is 1. The molecule has 32 heavy (non-hydrogen) atoms. The highest BCUT2D eigenvalue weighted by atomic mass is 35.5. The third-order valence-electron chi connectivity index (χ3n) is 5.10. The van der Waals surface area contributed by atoms with Crippen molar-refractivity contribution in [3.05, 3.63) is 64.7 Å². The van der Waals surface area contributed by atoms with Crippen LogP contribution in [0.1, 0.15) is 43.7 Å². The predicted octanol–water partition coefficient (Wildman–Crippen LogP) is 4.61. The van der Waals surface area contributed by atoms with E-state index < -0.39 is 18.2 Å². The van der Waals surface area contributed by atoms with Crippen LogP contribution in [-0.4, -0.2) is 36.2 Å². The monoisotopic (exact) mass is 459 g/mol. The zero-order valence-electron chi connectivity index (χ0n) is 18.5. The lowest BCUT2D eigenvalue weighted by Gasteiger charge is -2.31. The zero-order chi connectivity index (χ0) is 23.3. The maximum atomic E-state index is 12.6. The van der Waals surface area contributed by atoms with Gasteiger partial charge in [0.2, 0.25) is 5.91 Å². The van der Waals surface area contributed by atoms with Gasteiger partial charge in [0.1, 0.15) is 0 Å². The number of nitrogens with zero attached hydrogens (tertiary/aromatic N) is 1. The average molecular weight is 460 g/mol. The second kappa shape index (κ2) is 13.7. The van der Waals surface area contributed by atoms with E-state index in [0.717, 1.165) is 36.8 Å². The highest BCUT2D eigenvalue weighted by molar-refractivity contribution is 6.31. The largest absolute Gasteiger partial charge is 0.429 e. The number of nitrogens with one attached hydrogen (secondary N) is 2. The van der Waals surface area contributed by atoms with Crippen molar-refractivity contribution in [2.24, 2.45) is 5.73 Å². The molecule has 0 aliphatic heterocycles. The molecule has 1 unspecified atom stereocenters. The number of hydrogen-bond donors (Lipinski definition) is 2. The zero-order valence-corrected chi connectivity index (χ0v) is 19.2. The number of rotatable bonds is 13. The molecule has 0 fully saturated rings. The number of aryl methyl sites for hydroxylation is 1. The Morgan fingerprint density at radius 3 is 2.47 bits per heavy atom. The third kappa shape index (κ3) is 8.86. The third-order valence-corrected chi connectivity index (χ3v) is 5.47. The Morgan fingerprint density at radius 1 is 1.12 bits per heavy atom. The van der Waals surface area contributed by atoms with Crippen LogP contribution >= 0.6 is 11.6 Å². The molecule has 0 aromatic heterocycles. The van der Waals surface area contributed by atoms with Crippen molar-refractivity contribution < 1.29 is 14.3 Å². The Morgan fingerprint density at radius 2 is 1.84 bits per heavy atom. The van der Waals surface area contributed by atoms with Crippen LogP contribution in [0.3, 0.4) is 0 Å².